The number of unbranched alkanes of at least 4 members (excludes halogenated alkanes) is 9. The Hall–Kier alpha value is 0.141. The highest BCUT2D eigenvalue weighted by Gasteiger charge is 2.53. The molecule has 0 saturated carbocycles. The molecule has 1 saturated heterocycles. The lowest BCUT2D eigenvalue weighted by Gasteiger charge is -2.51. The first-order valence-corrected chi connectivity index (χ1v) is 34.6. The van der Waals surface area contributed by atoms with Gasteiger partial charge in [0, 0.05) is 0 Å². The molecule has 1 aromatic carbocycles. The number of ether oxygens (including phenoxy) is 2. The van der Waals surface area contributed by atoms with Crippen LogP contribution >= 0.6 is 22.6 Å². The normalized spacial score (nSPS) is 20.4. The van der Waals surface area contributed by atoms with Crippen LogP contribution in [0.3, 0.4) is 0 Å². The highest BCUT2D eigenvalue weighted by atomic mass is 127. The van der Waals surface area contributed by atoms with Crippen molar-refractivity contribution >= 4 is 53.6 Å². The summed E-state index contributed by atoms with van der Waals surface area (Å²) < 4.78 is 38.2. The Kier molecular flexibility index (Phi) is 31.5. The number of hydrogen-bond donors (Lipinski definition) is 0. The second-order valence-electron chi connectivity index (χ2n) is 18.6. The van der Waals surface area contributed by atoms with Crippen LogP contribution in [0.15, 0.2) is 36.4 Å². The second kappa shape index (κ2) is 33.6. The van der Waals surface area contributed by atoms with E-state index in [2.05, 4.69) is 127 Å². The van der Waals surface area contributed by atoms with Gasteiger partial charge in [-0.15, -0.1) is 0 Å². The minimum Gasteiger partial charge on any atom is -0.414 e. The molecule has 9 heteroatoms. The first-order valence-electron chi connectivity index (χ1n) is 25.8. The van der Waals surface area contributed by atoms with Gasteiger partial charge in [-0.1, -0.05) is 243 Å². The van der Waals surface area contributed by atoms with E-state index >= 15 is 0 Å². The molecular formula is C51H97IO5Si3. The molecule has 0 bridgehead atoms. The number of alkyl halides is 1. The fourth-order valence-electron chi connectivity index (χ4n) is 9.33. The highest BCUT2D eigenvalue weighted by molar-refractivity contribution is 14.1. The Morgan fingerprint density at radius 1 is 0.517 bits per heavy atom. The average molecular weight is 1000 g/mol. The summed E-state index contributed by atoms with van der Waals surface area (Å²) in [5.74, 6) is 0. The number of hydrogen-bond acceptors (Lipinski definition) is 5. The average Bonchev–Trinajstić information content (AvgIpc) is 3.27. The molecule has 0 amide bonds. The molecule has 1 aliphatic rings. The molecule has 60 heavy (non-hydrogen) atoms. The first kappa shape index (κ1) is 56.3. The van der Waals surface area contributed by atoms with Crippen LogP contribution in [0.2, 0.25) is 54.4 Å². The number of halogens is 1. The SMILES string of the molecule is CCCC[Si](CCCC)(CCCC)OC[C@H]1O[C@H](OC/C=C/c2ccccc2)[C@@H](I)[C@@H](O[Si](CCCC)(CCCC)CCCC)[C@@H]1O[Si](CCCC)(CCCC)CCCC. The van der Waals surface area contributed by atoms with Gasteiger partial charge in [-0.05, 0) is 60.0 Å². The molecule has 0 unspecified atom stereocenters. The largest absolute Gasteiger partial charge is 0.414 e. The van der Waals surface area contributed by atoms with Gasteiger partial charge in [-0.2, -0.15) is 0 Å². The van der Waals surface area contributed by atoms with Crippen molar-refractivity contribution in [3.63, 3.8) is 0 Å². The van der Waals surface area contributed by atoms with Gasteiger partial charge in [0.05, 0.1) is 29.3 Å². The van der Waals surface area contributed by atoms with Gasteiger partial charge < -0.3 is 22.8 Å². The van der Waals surface area contributed by atoms with E-state index in [-0.39, 0.29) is 22.2 Å². The summed E-state index contributed by atoms with van der Waals surface area (Å²) in [5, 5.41) is 0. The summed E-state index contributed by atoms with van der Waals surface area (Å²) in [6.07, 6.45) is 25.7. The predicted octanol–water partition coefficient (Wildman–Crippen LogP) is 17.1. The summed E-state index contributed by atoms with van der Waals surface area (Å²) in [4.78, 5) is 0. The van der Waals surface area contributed by atoms with Crippen LogP contribution in [0.5, 0.6) is 0 Å². The van der Waals surface area contributed by atoms with Gasteiger partial charge >= 0.3 is 0 Å². The van der Waals surface area contributed by atoms with Crippen LogP contribution in [-0.2, 0) is 22.8 Å². The molecule has 1 heterocycles. The molecule has 2 rings (SSSR count). The van der Waals surface area contributed by atoms with E-state index < -0.39 is 31.2 Å². The molecule has 0 aromatic heterocycles. The van der Waals surface area contributed by atoms with Crippen LogP contribution in [0.4, 0.5) is 0 Å². The van der Waals surface area contributed by atoms with Gasteiger partial charge in [0.1, 0.15) is 6.10 Å². The zero-order valence-electron chi connectivity index (χ0n) is 40.9. The number of rotatable bonds is 38. The van der Waals surface area contributed by atoms with Crippen molar-refractivity contribution in [1.82, 2.24) is 0 Å². The standard InChI is InChI=1S/C51H97IO5Si3/c1-10-19-36-58(37-20-11-2,38-21-12-3)54-45-47-49(56-59(39-22-13-4,40-23-14-5)41-24-15-6)50(57-60(42-25-16-7,43-26-17-8)44-27-18-9)48(52)51(55-47)53-35-31-34-46-32-29-28-30-33-46/h28-34,47-51H,10-27,35-45H2,1-9H3/b34-31+/t47-,48+,49-,50-,51+/m1/s1. The molecule has 350 valence electrons. The van der Waals surface area contributed by atoms with E-state index in [1.807, 2.05) is 0 Å². The van der Waals surface area contributed by atoms with Crippen LogP contribution in [0.25, 0.3) is 6.08 Å². The molecule has 1 aromatic rings. The summed E-state index contributed by atoms with van der Waals surface area (Å²) in [6.45, 7) is 22.3. The van der Waals surface area contributed by atoms with Gasteiger partial charge in [-0.3, -0.25) is 0 Å². The molecule has 5 atom stereocenters. The summed E-state index contributed by atoms with van der Waals surface area (Å²) >= 11 is 2.69. The predicted molar refractivity (Wildman–Crippen MR) is 278 cm³/mol. The van der Waals surface area contributed by atoms with Crippen molar-refractivity contribution in [3.05, 3.63) is 42.0 Å². The maximum absolute atomic E-state index is 8.15. The van der Waals surface area contributed by atoms with E-state index in [4.69, 9.17) is 22.8 Å². The summed E-state index contributed by atoms with van der Waals surface area (Å²) in [7, 11) is -6.38. The third-order valence-corrected chi connectivity index (χ3v) is 28.2. The van der Waals surface area contributed by atoms with E-state index in [1.165, 1.54) is 176 Å². The maximum Gasteiger partial charge on any atom is 0.193 e. The van der Waals surface area contributed by atoms with Crippen molar-refractivity contribution in [2.45, 2.75) is 261 Å². The minimum atomic E-state index is -2.18. The first-order chi connectivity index (χ1) is 29.2. The van der Waals surface area contributed by atoms with Gasteiger partial charge in [0.2, 0.25) is 0 Å². The van der Waals surface area contributed by atoms with Crippen LogP contribution in [0, 0.1) is 0 Å². The maximum atomic E-state index is 8.15. The van der Waals surface area contributed by atoms with Crippen molar-refractivity contribution < 1.29 is 22.8 Å². The monoisotopic (exact) mass is 1000 g/mol. The van der Waals surface area contributed by atoms with Crippen molar-refractivity contribution in [3.8, 4) is 0 Å². The lowest BCUT2D eigenvalue weighted by molar-refractivity contribution is -0.239. The van der Waals surface area contributed by atoms with Gasteiger partial charge in [0.15, 0.2) is 31.2 Å². The molecule has 0 N–H and O–H groups in total. The van der Waals surface area contributed by atoms with Crippen LogP contribution < -0.4 is 0 Å². The fraction of sp³-hybridized carbons (Fsp3) is 0.843. The molecule has 1 aliphatic heterocycles. The van der Waals surface area contributed by atoms with E-state index in [1.54, 1.807) is 0 Å². The zero-order chi connectivity index (χ0) is 44.0. The Morgan fingerprint density at radius 2 is 0.883 bits per heavy atom. The second-order valence-corrected chi connectivity index (χ2v) is 32.4. The minimum absolute atomic E-state index is 0.0169. The lowest BCUT2D eigenvalue weighted by atomic mass is 10.0. The molecule has 0 spiro atoms. The zero-order valence-corrected chi connectivity index (χ0v) is 46.0. The third-order valence-electron chi connectivity index (χ3n) is 13.2. The molecular weight excluding hydrogens is 904 g/mol. The van der Waals surface area contributed by atoms with Crippen molar-refractivity contribution in [1.29, 1.82) is 0 Å². The Labute approximate surface area is 390 Å². The van der Waals surface area contributed by atoms with Crippen molar-refractivity contribution in [2.24, 2.45) is 0 Å². The summed E-state index contributed by atoms with van der Waals surface area (Å²) in [5.41, 5.74) is 1.19. The third kappa shape index (κ3) is 20.5. The van der Waals surface area contributed by atoms with Crippen LogP contribution in [0.1, 0.15) is 183 Å². The summed E-state index contributed by atoms with van der Waals surface area (Å²) in [6, 6.07) is 21.8. The smallest absolute Gasteiger partial charge is 0.193 e. The Bertz CT molecular complexity index is 1130. The topological polar surface area (TPSA) is 46.2 Å². The fourth-order valence-corrected chi connectivity index (χ4v) is 25.2. The molecule has 0 radical (unpaired) electrons. The Morgan fingerprint density at radius 3 is 1.27 bits per heavy atom. The van der Waals surface area contributed by atoms with E-state index in [9.17, 15) is 0 Å². The van der Waals surface area contributed by atoms with Crippen molar-refractivity contribution in [2.75, 3.05) is 13.2 Å². The van der Waals surface area contributed by atoms with E-state index in [0.717, 1.165) is 0 Å². The molecule has 5 nitrogen and oxygen atoms in total. The van der Waals surface area contributed by atoms with E-state index in [0.29, 0.717) is 13.2 Å². The van der Waals surface area contributed by atoms with Gasteiger partial charge in [0.25, 0.3) is 0 Å². The van der Waals surface area contributed by atoms with Gasteiger partial charge in [-0.25, -0.2) is 0 Å². The quantitative estimate of drug-likeness (QED) is 0.0375. The van der Waals surface area contributed by atoms with Crippen LogP contribution in [-0.4, -0.2) is 66.7 Å². The molecule has 1 fully saturated rings. The molecule has 0 aliphatic carbocycles. The highest BCUT2D eigenvalue weighted by Crippen LogP contribution is 2.42. The number of benzene rings is 1. The lowest BCUT2D eigenvalue weighted by Crippen LogP contribution is -2.64. The Balaban J connectivity index is 2.84.